The Morgan fingerprint density at radius 2 is 1.80 bits per heavy atom. The third-order valence-electron chi connectivity index (χ3n) is 8.73. The summed E-state index contributed by atoms with van der Waals surface area (Å²) in [5.74, 6) is -1.23. The summed E-state index contributed by atoms with van der Waals surface area (Å²) in [6.45, 7) is 3.81. The molecule has 4 atom stereocenters. The second-order valence-electron chi connectivity index (χ2n) is 11.2. The van der Waals surface area contributed by atoms with Crippen molar-refractivity contribution in [1.29, 1.82) is 0 Å². The van der Waals surface area contributed by atoms with Crippen LogP contribution in [-0.2, 0) is 26.0 Å². The van der Waals surface area contributed by atoms with Gasteiger partial charge in [-0.15, -0.1) is 6.58 Å². The van der Waals surface area contributed by atoms with Crippen molar-refractivity contribution in [2.24, 2.45) is 17.8 Å². The molecule has 1 heterocycles. The zero-order valence-electron chi connectivity index (χ0n) is 22.2. The van der Waals surface area contributed by atoms with Gasteiger partial charge >= 0.3 is 0 Å². The molecular weight excluding hydrogens is 522 g/mol. The summed E-state index contributed by atoms with van der Waals surface area (Å²) in [5, 5.41) is 6.12. The number of nitrogens with one attached hydrogen (secondary N) is 3. The second kappa shape index (κ2) is 10.2. The van der Waals surface area contributed by atoms with Crippen LogP contribution in [0.5, 0.6) is 0 Å². The normalized spacial score (nSPS) is 24.1. The zero-order chi connectivity index (χ0) is 27.9. The molecule has 2 aliphatic rings. The van der Waals surface area contributed by atoms with E-state index in [1.807, 2.05) is 12.1 Å². The van der Waals surface area contributed by atoms with Crippen molar-refractivity contribution >= 4 is 43.5 Å². The largest absolute Gasteiger partial charge is 0.360 e. The molecule has 3 aromatic carbocycles. The molecule has 2 amide bonds. The molecule has 7 nitrogen and oxygen atoms in total. The van der Waals surface area contributed by atoms with E-state index in [9.17, 15) is 18.0 Å². The molecule has 40 heavy (non-hydrogen) atoms. The molecule has 0 radical (unpaired) electrons. The lowest BCUT2D eigenvalue weighted by Crippen LogP contribution is -2.53. The molecule has 0 saturated heterocycles. The van der Waals surface area contributed by atoms with E-state index in [-0.39, 0.29) is 28.6 Å². The molecule has 2 saturated carbocycles. The fraction of sp³-hybridized carbons (Fsp3) is 0.312. The van der Waals surface area contributed by atoms with Gasteiger partial charge in [0.1, 0.15) is 10.4 Å². The lowest BCUT2D eigenvalue weighted by atomic mass is 9.88. The van der Waals surface area contributed by atoms with Crippen molar-refractivity contribution in [2.75, 3.05) is 0 Å². The minimum absolute atomic E-state index is 0.00910. The van der Waals surface area contributed by atoms with Crippen LogP contribution in [0.15, 0.2) is 90.5 Å². The van der Waals surface area contributed by atoms with E-state index < -0.39 is 21.5 Å². The molecule has 1 unspecified atom stereocenters. The van der Waals surface area contributed by atoms with Gasteiger partial charge in [-0.3, -0.25) is 9.59 Å². The molecule has 2 aliphatic carbocycles. The fourth-order valence-electron chi connectivity index (χ4n) is 6.37. The maximum atomic E-state index is 13.6. The Balaban J connectivity index is 1.14. The van der Waals surface area contributed by atoms with Gasteiger partial charge in [-0.25, -0.2) is 13.1 Å². The minimum Gasteiger partial charge on any atom is -0.360 e. The number of aryl methyl sites for hydroxylation is 1. The number of H-pyrrole nitrogens is 1. The monoisotopic (exact) mass is 555 g/mol. The van der Waals surface area contributed by atoms with Gasteiger partial charge in [0, 0.05) is 23.4 Å². The third-order valence-corrected chi connectivity index (χ3v) is 10.1. The molecular formula is C32H33N3O4S. The van der Waals surface area contributed by atoms with Crippen LogP contribution in [0.3, 0.4) is 0 Å². The number of sulfonamides is 1. The van der Waals surface area contributed by atoms with Crippen LogP contribution in [0.1, 0.15) is 37.7 Å². The number of hydrogen-bond donors (Lipinski definition) is 3. The number of amides is 2. The van der Waals surface area contributed by atoms with E-state index in [2.05, 4.69) is 51.9 Å². The van der Waals surface area contributed by atoms with Crippen LogP contribution in [0.2, 0.25) is 0 Å². The molecule has 0 spiro atoms. The number of rotatable bonds is 9. The Morgan fingerprint density at radius 3 is 2.60 bits per heavy atom. The summed E-state index contributed by atoms with van der Waals surface area (Å²) in [7, 11) is -4.17. The number of fused-ring (bicyclic) bond motifs is 2. The van der Waals surface area contributed by atoms with Gasteiger partial charge in [0.25, 0.3) is 15.9 Å². The van der Waals surface area contributed by atoms with Crippen LogP contribution in [0.25, 0.3) is 21.7 Å². The van der Waals surface area contributed by atoms with Gasteiger partial charge in [-0.2, -0.15) is 0 Å². The molecule has 1 aromatic heterocycles. The first-order chi connectivity index (χ1) is 19.3. The lowest BCUT2D eigenvalue weighted by molar-refractivity contribution is -0.132. The van der Waals surface area contributed by atoms with Gasteiger partial charge in [0.15, 0.2) is 0 Å². The summed E-state index contributed by atoms with van der Waals surface area (Å²) in [6.07, 6.45) is 8.04. The van der Waals surface area contributed by atoms with Crippen molar-refractivity contribution in [3.05, 3.63) is 91.1 Å². The average Bonchev–Trinajstić information content (AvgIpc) is 3.27. The van der Waals surface area contributed by atoms with Crippen molar-refractivity contribution < 1.29 is 18.0 Å². The highest BCUT2D eigenvalue weighted by Crippen LogP contribution is 2.46. The number of benzene rings is 3. The lowest BCUT2D eigenvalue weighted by Gasteiger charge is -2.24. The smallest absolute Gasteiger partial charge is 0.266 e. The Kier molecular flexibility index (Phi) is 6.74. The summed E-state index contributed by atoms with van der Waals surface area (Å²) in [4.78, 5) is 29.9. The molecule has 0 aliphatic heterocycles. The number of carbonyl (C=O) groups excluding carboxylic acids is 2. The van der Waals surface area contributed by atoms with Crippen LogP contribution in [-0.4, -0.2) is 30.8 Å². The minimum atomic E-state index is -4.17. The summed E-state index contributed by atoms with van der Waals surface area (Å²) < 4.78 is 28.7. The Morgan fingerprint density at radius 1 is 1.00 bits per heavy atom. The molecule has 6 rings (SSSR count). The van der Waals surface area contributed by atoms with E-state index in [0.717, 1.165) is 37.5 Å². The summed E-state index contributed by atoms with van der Waals surface area (Å²) in [6, 6.07) is 21.4. The summed E-state index contributed by atoms with van der Waals surface area (Å²) >= 11 is 0. The van der Waals surface area contributed by atoms with E-state index >= 15 is 0 Å². The van der Waals surface area contributed by atoms with Gasteiger partial charge in [0.05, 0.1) is 5.52 Å². The number of carbonyl (C=O) groups is 2. The van der Waals surface area contributed by atoms with E-state index in [1.54, 1.807) is 30.5 Å². The first kappa shape index (κ1) is 26.3. The van der Waals surface area contributed by atoms with Crippen molar-refractivity contribution in [2.45, 2.75) is 49.0 Å². The number of hydrogen-bond acceptors (Lipinski definition) is 4. The van der Waals surface area contributed by atoms with Gasteiger partial charge in [0.2, 0.25) is 5.91 Å². The molecule has 206 valence electrons. The molecule has 4 aromatic rings. The van der Waals surface area contributed by atoms with Crippen LogP contribution < -0.4 is 10.0 Å². The Bertz CT molecular complexity index is 1730. The van der Waals surface area contributed by atoms with Gasteiger partial charge in [-0.05, 0) is 66.5 Å². The third kappa shape index (κ3) is 4.81. The standard InChI is InChI=1S/C32H33N3O4S/c1-2-26-20-32(26,31(37)35-40(38,39)28-12-6-10-24-17-18-33-29(24)28)34-30(36)27-11-5-9-23(27)16-14-21-13-15-22-7-3-4-8-25(22)19-21/h2-4,6-8,10,12-13,15,17-19,23,26-27,33H,1,5,9,11,14,16,20H2,(H,34,36)(H,35,37)/t23-,26-,27?,32-/m1/s1. The average molecular weight is 556 g/mol. The van der Waals surface area contributed by atoms with Crippen molar-refractivity contribution in [1.82, 2.24) is 15.0 Å². The molecule has 2 fully saturated rings. The van der Waals surface area contributed by atoms with Crippen LogP contribution >= 0.6 is 0 Å². The van der Waals surface area contributed by atoms with Gasteiger partial charge in [-0.1, -0.05) is 67.1 Å². The topological polar surface area (TPSA) is 108 Å². The summed E-state index contributed by atoms with van der Waals surface area (Å²) in [5.41, 5.74) is 0.370. The highest BCUT2D eigenvalue weighted by atomic mass is 32.2. The van der Waals surface area contributed by atoms with E-state index in [4.69, 9.17) is 0 Å². The quantitative estimate of drug-likeness (QED) is 0.246. The number of aromatic amines is 1. The molecule has 3 N–H and O–H groups in total. The maximum Gasteiger partial charge on any atom is 0.266 e. The molecule has 0 bridgehead atoms. The zero-order valence-corrected chi connectivity index (χ0v) is 23.0. The highest BCUT2D eigenvalue weighted by molar-refractivity contribution is 7.90. The number of aromatic nitrogens is 1. The predicted molar refractivity (Wildman–Crippen MR) is 156 cm³/mol. The van der Waals surface area contributed by atoms with Gasteiger partial charge < -0.3 is 10.3 Å². The van der Waals surface area contributed by atoms with E-state index in [1.165, 1.54) is 22.4 Å². The Labute approximate surface area is 234 Å². The SMILES string of the molecule is C=C[C@@H]1C[C@]1(NC(=O)C1CCC[C@@H]1CCc1ccc2ccccc2c1)C(=O)NS(=O)(=O)c1cccc2cc[nH]c12. The van der Waals surface area contributed by atoms with Crippen molar-refractivity contribution in [3.8, 4) is 0 Å². The molecule has 8 heteroatoms. The predicted octanol–water partition coefficient (Wildman–Crippen LogP) is 5.24. The van der Waals surface area contributed by atoms with Crippen molar-refractivity contribution in [3.63, 3.8) is 0 Å². The highest BCUT2D eigenvalue weighted by Gasteiger charge is 2.61. The Hall–Kier alpha value is -3.91. The first-order valence-corrected chi connectivity index (χ1v) is 15.3. The fourth-order valence-corrected chi connectivity index (χ4v) is 7.61. The van der Waals surface area contributed by atoms with Crippen LogP contribution in [0.4, 0.5) is 0 Å². The second-order valence-corrected chi connectivity index (χ2v) is 12.8. The van der Waals surface area contributed by atoms with E-state index in [0.29, 0.717) is 11.9 Å². The first-order valence-electron chi connectivity index (χ1n) is 13.9. The number of para-hydroxylation sites is 1. The maximum absolute atomic E-state index is 13.6. The van der Waals surface area contributed by atoms with Crippen LogP contribution in [0, 0.1) is 17.8 Å².